The third-order valence-corrected chi connectivity index (χ3v) is 3.56. The average Bonchev–Trinajstić information content (AvgIpc) is 2.34. The van der Waals surface area contributed by atoms with Crippen LogP contribution in [-0.2, 0) is 0 Å². The second-order valence-corrected chi connectivity index (χ2v) is 4.50. The maximum atomic E-state index is 3.45. The highest BCUT2D eigenvalue weighted by Gasteiger charge is 2.13. The van der Waals surface area contributed by atoms with Gasteiger partial charge in [0, 0.05) is 5.33 Å². The monoisotopic (exact) mass is 208 g/mol. The van der Waals surface area contributed by atoms with Crippen LogP contribution in [0, 0.1) is 5.92 Å². The summed E-state index contributed by atoms with van der Waals surface area (Å²) in [4.78, 5) is 0. The lowest BCUT2D eigenvalue weighted by molar-refractivity contribution is 0.541. The number of hydrogen-bond donors (Lipinski definition) is 0. The molecule has 1 fully saturated rings. The SMILES string of the molecule is BrCCCC1CCSC1. The Morgan fingerprint density at radius 2 is 2.44 bits per heavy atom. The molecule has 1 heterocycles. The summed E-state index contributed by atoms with van der Waals surface area (Å²) >= 11 is 5.57. The Bertz CT molecular complexity index is 69.3. The van der Waals surface area contributed by atoms with Crippen molar-refractivity contribution in [3.63, 3.8) is 0 Å². The molecule has 0 aromatic heterocycles. The Morgan fingerprint density at radius 1 is 1.56 bits per heavy atom. The number of hydrogen-bond acceptors (Lipinski definition) is 1. The van der Waals surface area contributed by atoms with Crippen LogP contribution < -0.4 is 0 Å². The molecular weight excluding hydrogens is 196 g/mol. The topological polar surface area (TPSA) is 0 Å². The summed E-state index contributed by atoms with van der Waals surface area (Å²) in [5.74, 6) is 3.88. The molecule has 0 N–H and O–H groups in total. The number of alkyl halides is 1. The Labute approximate surface area is 69.9 Å². The van der Waals surface area contributed by atoms with Gasteiger partial charge in [-0.15, -0.1) is 0 Å². The van der Waals surface area contributed by atoms with Gasteiger partial charge in [-0.05, 0) is 36.7 Å². The van der Waals surface area contributed by atoms with Gasteiger partial charge in [-0.25, -0.2) is 0 Å². The molecule has 1 unspecified atom stereocenters. The molecule has 0 aromatic carbocycles. The van der Waals surface area contributed by atoms with Crippen molar-refractivity contribution >= 4 is 27.7 Å². The average molecular weight is 209 g/mol. The summed E-state index contributed by atoms with van der Waals surface area (Å²) in [6.45, 7) is 0. The molecule has 1 saturated heterocycles. The van der Waals surface area contributed by atoms with Gasteiger partial charge in [-0.3, -0.25) is 0 Å². The van der Waals surface area contributed by atoms with Gasteiger partial charge in [0.05, 0.1) is 0 Å². The van der Waals surface area contributed by atoms with E-state index >= 15 is 0 Å². The Balaban J connectivity index is 1.98. The zero-order valence-corrected chi connectivity index (χ0v) is 8.01. The van der Waals surface area contributed by atoms with Crippen molar-refractivity contribution in [3.8, 4) is 0 Å². The number of thioether (sulfide) groups is 1. The van der Waals surface area contributed by atoms with Crippen molar-refractivity contribution in [2.45, 2.75) is 19.3 Å². The summed E-state index contributed by atoms with van der Waals surface area (Å²) in [7, 11) is 0. The Morgan fingerprint density at radius 3 is 3.00 bits per heavy atom. The summed E-state index contributed by atoms with van der Waals surface area (Å²) in [5, 5.41) is 1.19. The fourth-order valence-corrected chi connectivity index (χ4v) is 2.83. The molecule has 0 radical (unpaired) electrons. The molecule has 0 spiro atoms. The van der Waals surface area contributed by atoms with E-state index in [4.69, 9.17) is 0 Å². The molecule has 54 valence electrons. The molecule has 1 rings (SSSR count). The van der Waals surface area contributed by atoms with Gasteiger partial charge >= 0.3 is 0 Å². The maximum Gasteiger partial charge on any atom is 0.00314 e. The van der Waals surface area contributed by atoms with Crippen LogP contribution in [0.2, 0.25) is 0 Å². The number of halogens is 1. The van der Waals surface area contributed by atoms with E-state index < -0.39 is 0 Å². The van der Waals surface area contributed by atoms with Crippen LogP contribution in [0.1, 0.15) is 19.3 Å². The van der Waals surface area contributed by atoms with Crippen LogP contribution in [0.25, 0.3) is 0 Å². The molecular formula is C7H13BrS. The van der Waals surface area contributed by atoms with E-state index in [0.29, 0.717) is 0 Å². The smallest absolute Gasteiger partial charge is 0.00314 e. The van der Waals surface area contributed by atoms with Gasteiger partial charge in [0.2, 0.25) is 0 Å². The van der Waals surface area contributed by atoms with E-state index in [9.17, 15) is 0 Å². The summed E-state index contributed by atoms with van der Waals surface area (Å²) in [5.41, 5.74) is 0. The highest BCUT2D eigenvalue weighted by atomic mass is 79.9. The van der Waals surface area contributed by atoms with Gasteiger partial charge in [-0.1, -0.05) is 15.9 Å². The molecule has 0 amide bonds. The van der Waals surface area contributed by atoms with Gasteiger partial charge in [0.25, 0.3) is 0 Å². The molecule has 1 atom stereocenters. The second-order valence-electron chi connectivity index (χ2n) is 2.56. The lowest BCUT2D eigenvalue weighted by Crippen LogP contribution is -1.96. The van der Waals surface area contributed by atoms with Crippen LogP contribution in [0.3, 0.4) is 0 Å². The first-order chi connectivity index (χ1) is 4.43. The van der Waals surface area contributed by atoms with Crippen molar-refractivity contribution in [3.05, 3.63) is 0 Å². The third-order valence-electron chi connectivity index (χ3n) is 1.77. The first kappa shape index (κ1) is 7.93. The lowest BCUT2D eigenvalue weighted by Gasteiger charge is -2.03. The first-order valence-corrected chi connectivity index (χ1v) is 5.85. The predicted molar refractivity (Wildman–Crippen MR) is 48.5 cm³/mol. The van der Waals surface area contributed by atoms with Crippen molar-refractivity contribution in [1.82, 2.24) is 0 Å². The van der Waals surface area contributed by atoms with E-state index in [1.165, 1.54) is 36.1 Å². The minimum absolute atomic E-state index is 1.05. The third kappa shape index (κ3) is 2.94. The minimum atomic E-state index is 1.05. The lowest BCUT2D eigenvalue weighted by atomic mass is 10.0. The summed E-state index contributed by atoms with van der Waals surface area (Å²) in [6.07, 6.45) is 4.28. The molecule has 9 heavy (non-hydrogen) atoms. The van der Waals surface area contributed by atoms with Gasteiger partial charge in [-0.2, -0.15) is 11.8 Å². The van der Waals surface area contributed by atoms with Crippen molar-refractivity contribution in [2.24, 2.45) is 5.92 Å². The minimum Gasteiger partial charge on any atom is -0.162 e. The quantitative estimate of drug-likeness (QED) is 0.644. The maximum absolute atomic E-state index is 3.45. The van der Waals surface area contributed by atoms with E-state index in [2.05, 4.69) is 27.7 Å². The van der Waals surface area contributed by atoms with E-state index in [0.717, 1.165) is 5.92 Å². The molecule has 1 aliphatic rings. The van der Waals surface area contributed by atoms with E-state index in [1.807, 2.05) is 0 Å². The molecule has 0 nitrogen and oxygen atoms in total. The van der Waals surface area contributed by atoms with Crippen LogP contribution in [0.5, 0.6) is 0 Å². The van der Waals surface area contributed by atoms with Crippen LogP contribution >= 0.6 is 27.7 Å². The van der Waals surface area contributed by atoms with Crippen molar-refractivity contribution < 1.29 is 0 Å². The molecule has 0 bridgehead atoms. The molecule has 0 aliphatic carbocycles. The fourth-order valence-electron chi connectivity index (χ4n) is 1.18. The van der Waals surface area contributed by atoms with Crippen molar-refractivity contribution in [1.29, 1.82) is 0 Å². The molecule has 0 saturated carbocycles. The fraction of sp³-hybridized carbons (Fsp3) is 1.00. The number of rotatable bonds is 3. The summed E-state index contributed by atoms with van der Waals surface area (Å²) < 4.78 is 0. The summed E-state index contributed by atoms with van der Waals surface area (Å²) in [6, 6.07) is 0. The zero-order valence-electron chi connectivity index (χ0n) is 5.61. The van der Waals surface area contributed by atoms with Gasteiger partial charge < -0.3 is 0 Å². The van der Waals surface area contributed by atoms with Crippen LogP contribution in [-0.4, -0.2) is 16.8 Å². The Hall–Kier alpha value is 0.830. The normalized spacial score (nSPS) is 27.0. The molecule has 2 heteroatoms. The van der Waals surface area contributed by atoms with Crippen molar-refractivity contribution in [2.75, 3.05) is 16.8 Å². The predicted octanol–water partition coefficient (Wildman–Crippen LogP) is 2.91. The van der Waals surface area contributed by atoms with Crippen LogP contribution in [0.4, 0.5) is 0 Å². The van der Waals surface area contributed by atoms with E-state index in [1.54, 1.807) is 0 Å². The van der Waals surface area contributed by atoms with Gasteiger partial charge in [0.15, 0.2) is 0 Å². The van der Waals surface area contributed by atoms with Crippen LogP contribution in [0.15, 0.2) is 0 Å². The highest BCUT2D eigenvalue weighted by Crippen LogP contribution is 2.26. The first-order valence-electron chi connectivity index (χ1n) is 3.57. The largest absolute Gasteiger partial charge is 0.162 e. The van der Waals surface area contributed by atoms with Gasteiger partial charge in [0.1, 0.15) is 0 Å². The Kier molecular flexibility index (Phi) is 4.07. The highest BCUT2D eigenvalue weighted by molar-refractivity contribution is 9.09. The van der Waals surface area contributed by atoms with E-state index in [-0.39, 0.29) is 0 Å². The second kappa shape index (κ2) is 4.62. The standard InChI is InChI=1S/C7H13BrS/c8-4-1-2-7-3-5-9-6-7/h7H,1-6H2. The molecule has 0 aromatic rings. The molecule has 1 aliphatic heterocycles. The zero-order chi connectivity index (χ0) is 6.53.